The molecule has 178 valence electrons. The molecule has 2 saturated heterocycles. The fourth-order valence-corrected chi connectivity index (χ4v) is 5.59. The van der Waals surface area contributed by atoms with Gasteiger partial charge >= 0.3 is 5.97 Å². The summed E-state index contributed by atoms with van der Waals surface area (Å²) >= 11 is 0. The van der Waals surface area contributed by atoms with Crippen molar-refractivity contribution in [3.8, 4) is 17.0 Å². The molecule has 0 spiro atoms. The molecule has 6 heteroatoms. The van der Waals surface area contributed by atoms with Gasteiger partial charge < -0.3 is 14.7 Å². The van der Waals surface area contributed by atoms with Gasteiger partial charge in [0.15, 0.2) is 0 Å². The van der Waals surface area contributed by atoms with E-state index in [2.05, 4.69) is 9.80 Å². The molecule has 3 heterocycles. The van der Waals surface area contributed by atoms with Crippen LogP contribution in [0.15, 0.2) is 48.5 Å². The van der Waals surface area contributed by atoms with E-state index in [0.717, 1.165) is 42.8 Å². The van der Waals surface area contributed by atoms with Crippen LogP contribution in [0.3, 0.4) is 0 Å². The quantitative estimate of drug-likeness (QED) is 0.556. The van der Waals surface area contributed by atoms with Crippen LogP contribution in [-0.2, 0) is 6.54 Å². The van der Waals surface area contributed by atoms with Crippen LogP contribution in [0.5, 0.6) is 5.75 Å². The molecule has 6 nitrogen and oxygen atoms in total. The minimum atomic E-state index is -0.909. The van der Waals surface area contributed by atoms with Gasteiger partial charge in [0.1, 0.15) is 5.75 Å². The first-order valence-electron chi connectivity index (χ1n) is 12.4. The number of aromatic nitrogens is 1. The van der Waals surface area contributed by atoms with Crippen LogP contribution >= 0.6 is 0 Å². The first-order chi connectivity index (χ1) is 16.6. The maximum absolute atomic E-state index is 12.6. The number of fused-ring (bicyclic) bond motifs is 1. The second kappa shape index (κ2) is 10.1. The minimum Gasteiger partial charge on any atom is -0.497 e. The highest BCUT2D eigenvalue weighted by atomic mass is 16.5. The molecule has 0 aliphatic carbocycles. The Morgan fingerprint density at radius 1 is 1.03 bits per heavy atom. The fraction of sp³-hybridized carbons (Fsp3) is 0.429. The van der Waals surface area contributed by atoms with Crippen molar-refractivity contribution < 1.29 is 14.6 Å². The molecule has 2 fully saturated rings. The van der Waals surface area contributed by atoms with Crippen LogP contribution in [0.1, 0.15) is 48.0 Å². The topological polar surface area (TPSA) is 65.9 Å². The van der Waals surface area contributed by atoms with Crippen molar-refractivity contribution >= 4 is 16.9 Å². The maximum atomic E-state index is 12.6. The highest BCUT2D eigenvalue weighted by molar-refractivity contribution is 6.06. The molecule has 0 unspecified atom stereocenters. The van der Waals surface area contributed by atoms with E-state index in [-0.39, 0.29) is 0 Å². The lowest BCUT2D eigenvalue weighted by molar-refractivity contribution is 0.0692. The van der Waals surface area contributed by atoms with Crippen molar-refractivity contribution in [1.82, 2.24) is 14.8 Å². The third-order valence-corrected chi connectivity index (χ3v) is 7.40. The summed E-state index contributed by atoms with van der Waals surface area (Å²) < 4.78 is 5.38. The van der Waals surface area contributed by atoms with Gasteiger partial charge in [-0.3, -0.25) is 4.90 Å². The summed E-state index contributed by atoms with van der Waals surface area (Å²) in [7, 11) is 1.61. The molecular formula is C28H33N3O3. The van der Waals surface area contributed by atoms with Gasteiger partial charge in [-0.1, -0.05) is 36.8 Å². The van der Waals surface area contributed by atoms with E-state index in [0.29, 0.717) is 34.8 Å². The van der Waals surface area contributed by atoms with E-state index in [1.165, 1.54) is 32.4 Å². The number of ether oxygens (including phenoxy) is 1. The van der Waals surface area contributed by atoms with Gasteiger partial charge in [-0.05, 0) is 64.0 Å². The van der Waals surface area contributed by atoms with E-state index < -0.39 is 5.97 Å². The zero-order valence-electron chi connectivity index (χ0n) is 19.9. The number of pyridine rings is 1. The molecule has 2 aromatic carbocycles. The minimum absolute atomic E-state index is 0.352. The number of aromatic carboxylic acids is 1. The van der Waals surface area contributed by atoms with E-state index in [1.807, 2.05) is 48.5 Å². The maximum Gasteiger partial charge on any atom is 0.336 e. The molecule has 34 heavy (non-hydrogen) atoms. The normalized spacial score (nSPS) is 18.3. The summed E-state index contributed by atoms with van der Waals surface area (Å²) in [5.74, 6) is -0.240. The van der Waals surface area contributed by atoms with E-state index in [4.69, 9.17) is 9.72 Å². The lowest BCUT2D eigenvalue weighted by Crippen LogP contribution is -2.46. The van der Waals surface area contributed by atoms with Gasteiger partial charge in [0.05, 0.1) is 23.9 Å². The Bertz CT molecular complexity index is 1150. The number of carboxylic acids is 1. The third kappa shape index (κ3) is 4.65. The van der Waals surface area contributed by atoms with Crippen LogP contribution in [0.2, 0.25) is 0 Å². The zero-order chi connectivity index (χ0) is 23.5. The van der Waals surface area contributed by atoms with Crippen molar-refractivity contribution in [3.05, 3.63) is 59.7 Å². The molecule has 0 bridgehead atoms. The highest BCUT2D eigenvalue weighted by Crippen LogP contribution is 2.34. The first-order valence-corrected chi connectivity index (χ1v) is 12.4. The van der Waals surface area contributed by atoms with Crippen molar-refractivity contribution in [3.63, 3.8) is 0 Å². The van der Waals surface area contributed by atoms with E-state index in [1.54, 1.807) is 7.11 Å². The Labute approximate surface area is 201 Å². The number of rotatable bonds is 6. The fourth-order valence-electron chi connectivity index (χ4n) is 5.59. The lowest BCUT2D eigenvalue weighted by Gasteiger charge is -2.40. The van der Waals surface area contributed by atoms with Crippen molar-refractivity contribution in [2.75, 3.05) is 33.3 Å². The number of carboxylic acid groups (broad SMARTS) is 1. The molecule has 1 N–H and O–H groups in total. The van der Waals surface area contributed by atoms with Crippen LogP contribution in [0, 0.1) is 0 Å². The SMILES string of the molecule is COc1ccc2c(C(=O)O)c(CN3CCC(N4CCCCC4)CC3)c(-c3ccccc3)nc2c1. The number of hydrogen-bond acceptors (Lipinski definition) is 5. The number of methoxy groups -OCH3 is 1. The van der Waals surface area contributed by atoms with E-state index >= 15 is 0 Å². The number of nitrogens with zero attached hydrogens (tertiary/aromatic N) is 3. The molecule has 0 atom stereocenters. The zero-order valence-corrected chi connectivity index (χ0v) is 19.9. The summed E-state index contributed by atoms with van der Waals surface area (Å²) in [5.41, 5.74) is 3.48. The molecule has 0 amide bonds. The predicted molar refractivity (Wildman–Crippen MR) is 134 cm³/mol. The number of piperidine rings is 2. The van der Waals surface area contributed by atoms with Crippen molar-refractivity contribution in [1.29, 1.82) is 0 Å². The lowest BCUT2D eigenvalue weighted by atomic mass is 9.94. The van der Waals surface area contributed by atoms with Crippen LogP contribution < -0.4 is 4.74 Å². The molecule has 1 aromatic heterocycles. The average molecular weight is 460 g/mol. The van der Waals surface area contributed by atoms with Crippen LogP contribution in [-0.4, -0.2) is 65.2 Å². The van der Waals surface area contributed by atoms with E-state index in [9.17, 15) is 9.90 Å². The molecule has 2 aliphatic rings. The predicted octanol–water partition coefficient (Wildman–Crippen LogP) is 5.06. The number of likely N-dealkylation sites (tertiary alicyclic amines) is 2. The Morgan fingerprint density at radius 2 is 1.76 bits per heavy atom. The number of benzene rings is 2. The first kappa shape index (κ1) is 22.8. The smallest absolute Gasteiger partial charge is 0.336 e. The Balaban J connectivity index is 1.50. The van der Waals surface area contributed by atoms with Crippen molar-refractivity contribution in [2.45, 2.75) is 44.7 Å². The second-order valence-electron chi connectivity index (χ2n) is 9.47. The molecule has 0 saturated carbocycles. The Morgan fingerprint density at radius 3 is 2.44 bits per heavy atom. The largest absolute Gasteiger partial charge is 0.497 e. The molecule has 5 rings (SSSR count). The Hall–Kier alpha value is -2.96. The number of hydrogen-bond donors (Lipinski definition) is 1. The molecule has 0 radical (unpaired) electrons. The number of carbonyl (C=O) groups is 1. The summed E-state index contributed by atoms with van der Waals surface area (Å²) in [6.07, 6.45) is 6.27. The highest BCUT2D eigenvalue weighted by Gasteiger charge is 2.28. The summed E-state index contributed by atoms with van der Waals surface area (Å²) in [4.78, 5) is 22.6. The standard InChI is InChI=1S/C28H33N3O3/c1-34-22-10-11-23-25(18-22)29-27(20-8-4-2-5-9-20)24(26(23)28(32)33)19-30-16-12-21(13-17-30)31-14-6-3-7-15-31/h2,4-5,8-11,18,21H,3,6-7,12-17,19H2,1H3,(H,32,33). The van der Waals surface area contributed by atoms with Crippen molar-refractivity contribution in [2.24, 2.45) is 0 Å². The third-order valence-electron chi connectivity index (χ3n) is 7.40. The van der Waals surface area contributed by atoms with Crippen LogP contribution in [0.4, 0.5) is 0 Å². The summed E-state index contributed by atoms with van der Waals surface area (Å²) in [5, 5.41) is 11.0. The van der Waals surface area contributed by atoms with Gasteiger partial charge in [-0.2, -0.15) is 0 Å². The van der Waals surface area contributed by atoms with Gasteiger partial charge in [0, 0.05) is 35.2 Å². The summed E-state index contributed by atoms with van der Waals surface area (Å²) in [6.45, 7) is 5.01. The van der Waals surface area contributed by atoms with Gasteiger partial charge in [0.25, 0.3) is 0 Å². The molecular weight excluding hydrogens is 426 g/mol. The molecule has 2 aliphatic heterocycles. The average Bonchev–Trinajstić information content (AvgIpc) is 2.89. The second-order valence-corrected chi connectivity index (χ2v) is 9.47. The summed E-state index contributed by atoms with van der Waals surface area (Å²) in [6, 6.07) is 16.0. The monoisotopic (exact) mass is 459 g/mol. The van der Waals surface area contributed by atoms with Gasteiger partial charge in [0.2, 0.25) is 0 Å². The molecule has 3 aromatic rings. The van der Waals surface area contributed by atoms with Gasteiger partial charge in [-0.25, -0.2) is 9.78 Å². The van der Waals surface area contributed by atoms with Gasteiger partial charge in [-0.15, -0.1) is 0 Å². The van der Waals surface area contributed by atoms with Crippen LogP contribution in [0.25, 0.3) is 22.2 Å². The Kier molecular flexibility index (Phi) is 6.79.